The second-order valence-corrected chi connectivity index (χ2v) is 8.55. The van der Waals surface area contributed by atoms with Gasteiger partial charge in [-0.2, -0.15) is 0 Å². The van der Waals surface area contributed by atoms with Gasteiger partial charge in [0.25, 0.3) is 5.91 Å². The lowest BCUT2D eigenvalue weighted by molar-refractivity contribution is 0.0978. The maximum absolute atomic E-state index is 14.3. The number of carbonyl (C=O) groups is 2. The highest BCUT2D eigenvalue weighted by molar-refractivity contribution is 6.34. The van der Waals surface area contributed by atoms with Gasteiger partial charge >= 0.3 is 0 Å². The number of hydrogen-bond acceptors (Lipinski definition) is 4. The summed E-state index contributed by atoms with van der Waals surface area (Å²) in [7, 11) is 1.47. The maximum Gasteiger partial charge on any atom is 0.263 e. The molecule has 0 radical (unpaired) electrons. The van der Waals surface area contributed by atoms with Crippen LogP contribution < -0.4 is 15.4 Å². The molecule has 1 aliphatic carbocycles. The molecule has 0 unspecified atom stereocenters. The zero-order chi connectivity index (χ0) is 23.7. The van der Waals surface area contributed by atoms with E-state index >= 15 is 0 Å². The fourth-order valence-electron chi connectivity index (χ4n) is 3.46. The standard InChI is InChI=1S/C24H20Cl2FN3O3/c1-30(24(32)21-18(26)6-3-7-19(21)27)23-20(33-15-4-2-5-15)11-14(12-29-23)16-10-13(22(28)31)8-9-17(16)25/h3,6-12,15H,2,4-5H2,1H3,(H2,28,31). The van der Waals surface area contributed by atoms with E-state index in [1.54, 1.807) is 18.2 Å². The molecule has 0 atom stereocenters. The summed E-state index contributed by atoms with van der Waals surface area (Å²) in [4.78, 5) is 30.3. The summed E-state index contributed by atoms with van der Waals surface area (Å²) >= 11 is 12.4. The van der Waals surface area contributed by atoms with Crippen molar-refractivity contribution in [3.63, 3.8) is 0 Å². The van der Waals surface area contributed by atoms with Gasteiger partial charge in [0.05, 0.1) is 16.7 Å². The Bertz CT molecular complexity index is 1230. The molecule has 0 spiro atoms. The summed E-state index contributed by atoms with van der Waals surface area (Å²) in [5.74, 6) is -1.44. The first-order valence-electron chi connectivity index (χ1n) is 10.2. The molecule has 0 aliphatic heterocycles. The molecule has 1 saturated carbocycles. The van der Waals surface area contributed by atoms with Crippen molar-refractivity contribution in [2.24, 2.45) is 5.73 Å². The number of amides is 2. The Labute approximate surface area is 200 Å². The highest BCUT2D eigenvalue weighted by Crippen LogP contribution is 2.37. The van der Waals surface area contributed by atoms with Crippen LogP contribution in [0.25, 0.3) is 11.1 Å². The SMILES string of the molecule is CN(C(=O)c1c(F)cccc1Cl)c1ncc(-c2cc(C(N)=O)ccc2Cl)cc1OC1CCC1. The number of primary amides is 1. The van der Waals surface area contributed by atoms with Gasteiger partial charge in [0.15, 0.2) is 11.6 Å². The zero-order valence-electron chi connectivity index (χ0n) is 17.6. The topological polar surface area (TPSA) is 85.5 Å². The van der Waals surface area contributed by atoms with Crippen LogP contribution in [-0.2, 0) is 0 Å². The average Bonchev–Trinajstić information content (AvgIpc) is 2.75. The van der Waals surface area contributed by atoms with Gasteiger partial charge in [-0.3, -0.25) is 14.5 Å². The lowest BCUT2D eigenvalue weighted by Gasteiger charge is -2.29. The number of nitrogens with two attached hydrogens (primary N) is 1. The number of halogens is 3. The summed E-state index contributed by atoms with van der Waals surface area (Å²) in [6.45, 7) is 0. The fraction of sp³-hybridized carbons (Fsp3) is 0.208. The van der Waals surface area contributed by atoms with E-state index in [9.17, 15) is 14.0 Å². The van der Waals surface area contributed by atoms with E-state index in [0.29, 0.717) is 27.5 Å². The number of rotatable bonds is 6. The number of aromatic nitrogens is 1. The van der Waals surface area contributed by atoms with Gasteiger partial charge in [-0.25, -0.2) is 9.37 Å². The zero-order valence-corrected chi connectivity index (χ0v) is 19.2. The third kappa shape index (κ3) is 4.65. The van der Waals surface area contributed by atoms with E-state index in [0.717, 1.165) is 19.3 Å². The highest BCUT2D eigenvalue weighted by Gasteiger charge is 2.27. The third-order valence-electron chi connectivity index (χ3n) is 5.54. The Morgan fingerprint density at radius 2 is 1.91 bits per heavy atom. The third-order valence-corrected chi connectivity index (χ3v) is 6.18. The summed E-state index contributed by atoms with van der Waals surface area (Å²) < 4.78 is 20.5. The quantitative estimate of drug-likeness (QED) is 0.497. The van der Waals surface area contributed by atoms with Crippen molar-refractivity contribution in [1.82, 2.24) is 4.98 Å². The molecule has 9 heteroatoms. The molecular weight excluding hydrogens is 468 g/mol. The molecule has 1 aromatic heterocycles. The molecule has 170 valence electrons. The molecule has 0 saturated heterocycles. The molecule has 6 nitrogen and oxygen atoms in total. The van der Waals surface area contributed by atoms with Crippen molar-refractivity contribution in [2.75, 3.05) is 11.9 Å². The number of pyridine rings is 1. The number of nitrogens with zero attached hydrogens (tertiary/aromatic N) is 2. The van der Waals surface area contributed by atoms with Gasteiger partial charge in [-0.15, -0.1) is 0 Å². The first-order chi connectivity index (χ1) is 15.8. The summed E-state index contributed by atoms with van der Waals surface area (Å²) in [5.41, 5.74) is 6.56. The smallest absolute Gasteiger partial charge is 0.263 e. The van der Waals surface area contributed by atoms with Crippen molar-refractivity contribution >= 4 is 40.8 Å². The van der Waals surface area contributed by atoms with Crippen LogP contribution in [0.4, 0.5) is 10.2 Å². The molecule has 2 N–H and O–H groups in total. The highest BCUT2D eigenvalue weighted by atomic mass is 35.5. The summed E-state index contributed by atoms with van der Waals surface area (Å²) in [6.07, 6.45) is 4.27. The largest absolute Gasteiger partial charge is 0.487 e. The molecule has 2 amide bonds. The molecule has 0 bridgehead atoms. The van der Waals surface area contributed by atoms with Crippen LogP contribution in [0.5, 0.6) is 5.75 Å². The molecule has 4 rings (SSSR count). The van der Waals surface area contributed by atoms with E-state index < -0.39 is 17.6 Å². The fourth-order valence-corrected chi connectivity index (χ4v) is 3.93. The number of hydrogen-bond donors (Lipinski definition) is 1. The Morgan fingerprint density at radius 1 is 1.15 bits per heavy atom. The normalized spacial score (nSPS) is 13.3. The van der Waals surface area contributed by atoms with Crippen LogP contribution >= 0.6 is 23.2 Å². The van der Waals surface area contributed by atoms with Crippen molar-refractivity contribution < 1.29 is 18.7 Å². The minimum atomic E-state index is -0.729. The van der Waals surface area contributed by atoms with Gasteiger partial charge in [-0.1, -0.05) is 29.3 Å². The molecular formula is C24H20Cl2FN3O3. The van der Waals surface area contributed by atoms with Gasteiger partial charge < -0.3 is 10.5 Å². The lowest BCUT2D eigenvalue weighted by atomic mass is 9.96. The average molecular weight is 488 g/mol. The molecule has 33 heavy (non-hydrogen) atoms. The minimum absolute atomic E-state index is 0.0000186. The van der Waals surface area contributed by atoms with Crippen molar-refractivity contribution in [3.8, 4) is 16.9 Å². The summed E-state index contributed by atoms with van der Waals surface area (Å²) in [5, 5.41) is 0.395. The van der Waals surface area contributed by atoms with Crippen molar-refractivity contribution in [2.45, 2.75) is 25.4 Å². The van der Waals surface area contributed by atoms with E-state index in [2.05, 4.69) is 4.98 Å². The molecule has 1 aliphatic rings. The first kappa shape index (κ1) is 23.0. The predicted octanol–water partition coefficient (Wildman–Crippen LogP) is 5.50. The van der Waals surface area contributed by atoms with Crippen LogP contribution in [0.2, 0.25) is 10.0 Å². The number of ether oxygens (including phenoxy) is 1. The molecule has 2 aromatic carbocycles. The van der Waals surface area contributed by atoms with Crippen LogP contribution in [0.1, 0.15) is 40.0 Å². The van der Waals surface area contributed by atoms with Crippen LogP contribution in [0.15, 0.2) is 48.7 Å². The van der Waals surface area contributed by atoms with Crippen LogP contribution in [0, 0.1) is 5.82 Å². The number of anilines is 1. The number of benzene rings is 2. The second-order valence-electron chi connectivity index (χ2n) is 7.74. The van der Waals surface area contributed by atoms with E-state index in [-0.39, 0.29) is 22.5 Å². The van der Waals surface area contributed by atoms with E-state index in [1.165, 1.54) is 42.4 Å². The lowest BCUT2D eigenvalue weighted by Crippen LogP contribution is -2.30. The Morgan fingerprint density at radius 3 is 2.55 bits per heavy atom. The molecule has 3 aromatic rings. The Balaban J connectivity index is 1.77. The Hall–Kier alpha value is -3.16. The molecule has 1 heterocycles. The van der Waals surface area contributed by atoms with Crippen molar-refractivity contribution in [1.29, 1.82) is 0 Å². The summed E-state index contributed by atoms with van der Waals surface area (Å²) in [6, 6.07) is 10.4. The Kier molecular flexibility index (Phi) is 6.54. The van der Waals surface area contributed by atoms with Crippen LogP contribution in [-0.4, -0.2) is 29.9 Å². The second kappa shape index (κ2) is 9.37. The van der Waals surface area contributed by atoms with Gasteiger partial charge in [0.1, 0.15) is 5.82 Å². The first-order valence-corrected chi connectivity index (χ1v) is 11.0. The van der Waals surface area contributed by atoms with Gasteiger partial charge in [0, 0.05) is 35.0 Å². The number of carbonyl (C=O) groups excluding carboxylic acids is 2. The minimum Gasteiger partial charge on any atom is -0.487 e. The van der Waals surface area contributed by atoms with E-state index in [1.807, 2.05) is 0 Å². The monoisotopic (exact) mass is 487 g/mol. The molecule has 1 fully saturated rings. The van der Waals surface area contributed by atoms with Gasteiger partial charge in [0.2, 0.25) is 5.91 Å². The van der Waals surface area contributed by atoms with E-state index in [4.69, 9.17) is 33.7 Å². The maximum atomic E-state index is 14.3. The van der Waals surface area contributed by atoms with Crippen LogP contribution in [0.3, 0.4) is 0 Å². The van der Waals surface area contributed by atoms with Gasteiger partial charge in [-0.05, 0) is 55.7 Å². The predicted molar refractivity (Wildman–Crippen MR) is 126 cm³/mol. The van der Waals surface area contributed by atoms with Crippen molar-refractivity contribution in [3.05, 3.63) is 75.7 Å².